The molecule has 0 unspecified atom stereocenters. The smallest absolute Gasteiger partial charge is 0.302 e. The van der Waals surface area contributed by atoms with Crippen molar-refractivity contribution in [1.82, 2.24) is 0 Å². The molecule has 4 heteroatoms. The lowest BCUT2D eigenvalue weighted by molar-refractivity contribution is -0.131. The Kier molecular flexibility index (Phi) is 3.72. The van der Waals surface area contributed by atoms with E-state index in [2.05, 4.69) is 0 Å². The van der Waals surface area contributed by atoms with Crippen LogP contribution in [0.15, 0.2) is 0 Å². The zero-order valence-corrected chi connectivity index (χ0v) is 9.06. The van der Waals surface area contributed by atoms with E-state index in [0.29, 0.717) is 4.43 Å². The summed E-state index contributed by atoms with van der Waals surface area (Å²) in [6, 6.07) is 0. The first-order chi connectivity index (χ1) is 3.95. The molecule has 0 aliphatic heterocycles. The van der Waals surface area contributed by atoms with Gasteiger partial charge in [-0.05, 0) is 19.6 Å². The first-order valence-corrected chi connectivity index (χ1v) is 7.67. The highest BCUT2D eigenvalue weighted by Gasteiger charge is 2.18. The number of halogens is 1. The summed E-state index contributed by atoms with van der Waals surface area (Å²) < 4.78 is 5.54. The summed E-state index contributed by atoms with van der Waals surface area (Å²) in [6.45, 7) is 5.99. The Bertz CT molecular complexity index is 108. The van der Waals surface area contributed by atoms with Gasteiger partial charge in [-0.1, -0.05) is 22.6 Å². The summed E-state index contributed by atoms with van der Waals surface area (Å²) in [6.07, 6.45) is 0. The van der Waals surface area contributed by atoms with Gasteiger partial charge in [0.05, 0.1) is 4.43 Å². The summed E-state index contributed by atoms with van der Waals surface area (Å²) >= 11 is 2.00. The van der Waals surface area contributed by atoms with Crippen LogP contribution in [0.2, 0.25) is 19.6 Å². The molecule has 0 radical (unpaired) electrons. The van der Waals surface area contributed by atoms with Crippen molar-refractivity contribution in [1.29, 1.82) is 0 Å². The molecule has 0 aromatic heterocycles. The van der Waals surface area contributed by atoms with E-state index in [1.165, 1.54) is 0 Å². The Balaban J connectivity index is 3.60. The van der Waals surface area contributed by atoms with Crippen LogP contribution in [0, 0.1) is 0 Å². The lowest BCUT2D eigenvalue weighted by Gasteiger charge is -2.15. The lowest BCUT2D eigenvalue weighted by atomic mass is 10.8. The first kappa shape index (κ1) is 9.42. The molecule has 2 nitrogen and oxygen atoms in total. The van der Waals surface area contributed by atoms with Gasteiger partial charge in [0.15, 0.2) is 0 Å². The molecule has 0 saturated heterocycles. The summed E-state index contributed by atoms with van der Waals surface area (Å²) in [4.78, 5) is 10.6. The molecule has 0 amide bonds. The molecular formula is C5H11IO2Si. The van der Waals surface area contributed by atoms with Crippen LogP contribution in [-0.2, 0) is 9.22 Å². The Hall–Kier alpha value is 0.417. The molecule has 0 heterocycles. The Morgan fingerprint density at radius 1 is 1.56 bits per heavy atom. The second kappa shape index (κ2) is 3.55. The Labute approximate surface area is 70.2 Å². The molecule has 0 bridgehead atoms. The van der Waals surface area contributed by atoms with Gasteiger partial charge in [0.2, 0.25) is 8.32 Å². The maximum atomic E-state index is 10.6. The number of hydrogen-bond donors (Lipinski definition) is 0. The number of carbonyl (C=O) groups excluding carboxylic acids is 1. The fourth-order valence-corrected chi connectivity index (χ4v) is 1.57. The summed E-state index contributed by atoms with van der Waals surface area (Å²) in [7, 11) is -1.60. The standard InChI is InChI=1S/C5H11IO2Si/c1-9(2,3)8-5(7)4-6/h4H2,1-3H3. The second-order valence-electron chi connectivity index (χ2n) is 2.72. The average Bonchev–Trinajstić information content (AvgIpc) is 1.62. The quantitative estimate of drug-likeness (QED) is 0.429. The average molecular weight is 258 g/mol. The van der Waals surface area contributed by atoms with Crippen molar-refractivity contribution in [2.75, 3.05) is 4.43 Å². The molecule has 0 aromatic carbocycles. The van der Waals surface area contributed by atoms with Crippen LogP contribution in [0.1, 0.15) is 0 Å². The highest BCUT2D eigenvalue weighted by molar-refractivity contribution is 14.1. The van der Waals surface area contributed by atoms with Crippen molar-refractivity contribution in [3.05, 3.63) is 0 Å². The number of alkyl halides is 1. The minimum atomic E-state index is -1.60. The van der Waals surface area contributed by atoms with Gasteiger partial charge in [-0.15, -0.1) is 0 Å². The van der Waals surface area contributed by atoms with Crippen LogP contribution in [0.4, 0.5) is 0 Å². The van der Waals surface area contributed by atoms with Crippen molar-refractivity contribution in [2.24, 2.45) is 0 Å². The predicted octanol–water partition coefficient (Wildman–Crippen LogP) is 1.80. The van der Waals surface area contributed by atoms with Crippen LogP contribution < -0.4 is 0 Å². The third-order valence-electron chi connectivity index (χ3n) is 0.529. The van der Waals surface area contributed by atoms with Gasteiger partial charge in [0.25, 0.3) is 0 Å². The highest BCUT2D eigenvalue weighted by Crippen LogP contribution is 2.03. The zero-order chi connectivity index (χ0) is 7.49. The van der Waals surface area contributed by atoms with Gasteiger partial charge in [-0.25, -0.2) is 0 Å². The van der Waals surface area contributed by atoms with Crippen molar-refractivity contribution in [2.45, 2.75) is 19.6 Å². The van der Waals surface area contributed by atoms with E-state index < -0.39 is 8.32 Å². The topological polar surface area (TPSA) is 26.3 Å². The molecule has 0 aliphatic rings. The van der Waals surface area contributed by atoms with Crippen LogP contribution >= 0.6 is 22.6 Å². The SMILES string of the molecule is C[Si](C)(C)OC(=O)CI. The van der Waals surface area contributed by atoms with E-state index in [4.69, 9.17) is 4.43 Å². The third kappa shape index (κ3) is 6.30. The van der Waals surface area contributed by atoms with Crippen LogP contribution in [0.5, 0.6) is 0 Å². The molecule has 0 fully saturated rings. The molecule has 0 saturated carbocycles. The van der Waals surface area contributed by atoms with Gasteiger partial charge in [-0.3, -0.25) is 4.79 Å². The fourth-order valence-electron chi connectivity index (χ4n) is 0.369. The number of rotatable bonds is 2. The molecule has 54 valence electrons. The fraction of sp³-hybridized carbons (Fsp3) is 0.800. The van der Waals surface area contributed by atoms with E-state index in [-0.39, 0.29) is 5.97 Å². The van der Waals surface area contributed by atoms with Gasteiger partial charge in [0, 0.05) is 0 Å². The molecule has 0 atom stereocenters. The lowest BCUT2D eigenvalue weighted by Crippen LogP contribution is -2.29. The predicted molar refractivity (Wildman–Crippen MR) is 48.3 cm³/mol. The normalized spacial score (nSPS) is 11.1. The Morgan fingerprint density at radius 2 is 2.00 bits per heavy atom. The second-order valence-corrected chi connectivity index (χ2v) is 7.91. The number of hydrogen-bond acceptors (Lipinski definition) is 2. The van der Waals surface area contributed by atoms with Gasteiger partial charge in [0.1, 0.15) is 0 Å². The Morgan fingerprint density at radius 3 is 2.11 bits per heavy atom. The van der Waals surface area contributed by atoms with Crippen LogP contribution in [-0.4, -0.2) is 18.7 Å². The summed E-state index contributed by atoms with van der Waals surface area (Å²) in [5.41, 5.74) is 0. The maximum absolute atomic E-state index is 10.6. The number of carbonyl (C=O) groups is 1. The minimum Gasteiger partial charge on any atom is -0.519 e. The van der Waals surface area contributed by atoms with E-state index in [1.807, 2.05) is 42.2 Å². The van der Waals surface area contributed by atoms with Crippen molar-refractivity contribution < 1.29 is 9.22 Å². The minimum absolute atomic E-state index is 0.0882. The monoisotopic (exact) mass is 258 g/mol. The van der Waals surface area contributed by atoms with E-state index in [9.17, 15) is 4.79 Å². The molecular weight excluding hydrogens is 247 g/mol. The summed E-state index contributed by atoms with van der Waals surface area (Å²) in [5.74, 6) is -0.0882. The third-order valence-corrected chi connectivity index (χ3v) is 1.99. The molecule has 0 N–H and O–H groups in total. The van der Waals surface area contributed by atoms with Crippen molar-refractivity contribution in [3.63, 3.8) is 0 Å². The molecule has 0 aromatic rings. The van der Waals surface area contributed by atoms with E-state index in [1.54, 1.807) is 0 Å². The summed E-state index contributed by atoms with van der Waals surface area (Å²) in [5, 5.41) is 0. The van der Waals surface area contributed by atoms with Crippen LogP contribution in [0.3, 0.4) is 0 Å². The van der Waals surface area contributed by atoms with Gasteiger partial charge >= 0.3 is 5.97 Å². The molecule has 0 spiro atoms. The maximum Gasteiger partial charge on any atom is 0.302 e. The molecule has 0 rings (SSSR count). The zero-order valence-electron chi connectivity index (χ0n) is 5.90. The highest BCUT2D eigenvalue weighted by atomic mass is 127. The van der Waals surface area contributed by atoms with Crippen molar-refractivity contribution >= 4 is 36.9 Å². The van der Waals surface area contributed by atoms with Gasteiger partial charge < -0.3 is 4.43 Å². The molecule has 9 heavy (non-hydrogen) atoms. The van der Waals surface area contributed by atoms with Crippen LogP contribution in [0.25, 0.3) is 0 Å². The van der Waals surface area contributed by atoms with E-state index >= 15 is 0 Å². The molecule has 0 aliphatic carbocycles. The largest absolute Gasteiger partial charge is 0.519 e. The van der Waals surface area contributed by atoms with E-state index in [0.717, 1.165) is 0 Å². The van der Waals surface area contributed by atoms with Gasteiger partial charge in [-0.2, -0.15) is 0 Å². The van der Waals surface area contributed by atoms with Crippen molar-refractivity contribution in [3.8, 4) is 0 Å². The first-order valence-electron chi connectivity index (χ1n) is 2.73.